The van der Waals surface area contributed by atoms with Gasteiger partial charge in [-0.15, -0.1) is 17.9 Å². The van der Waals surface area contributed by atoms with Crippen molar-refractivity contribution < 1.29 is 5.11 Å². The van der Waals surface area contributed by atoms with Crippen LogP contribution in [0.4, 0.5) is 0 Å². The van der Waals surface area contributed by atoms with Crippen LogP contribution in [0.15, 0.2) is 35.2 Å². The zero-order valence-electron chi connectivity index (χ0n) is 6.78. The second kappa shape index (κ2) is 8.23. The molecule has 0 aliphatic rings. The van der Waals surface area contributed by atoms with Crippen LogP contribution in [0.25, 0.3) is 10.4 Å². The molecular formula is C6H10N3OP3. The molecule has 0 fully saturated rings. The van der Waals surface area contributed by atoms with Crippen molar-refractivity contribution in [3.8, 4) is 5.75 Å². The summed E-state index contributed by atoms with van der Waals surface area (Å²) in [6.45, 7) is 0. The van der Waals surface area contributed by atoms with Crippen LogP contribution in [-0.4, -0.2) is 5.11 Å². The van der Waals surface area contributed by atoms with E-state index in [1.807, 2.05) is 6.07 Å². The SMILES string of the molecule is Oc1ccccc1.[N-]=[N+]=NP(P)P. The lowest BCUT2D eigenvalue weighted by Gasteiger charge is -1.83. The Morgan fingerprint density at radius 1 is 1.31 bits per heavy atom. The van der Waals surface area contributed by atoms with Crippen molar-refractivity contribution in [2.45, 2.75) is 0 Å². The maximum absolute atomic E-state index is 8.63. The Hall–Kier alpha value is -0.380. The Bertz CT molecular complexity index is 274. The normalized spacial score (nSPS) is 8.23. The van der Waals surface area contributed by atoms with E-state index in [4.69, 9.17) is 10.6 Å². The summed E-state index contributed by atoms with van der Waals surface area (Å²) >= 11 is 0. The molecule has 1 aromatic rings. The van der Waals surface area contributed by atoms with E-state index >= 15 is 0 Å². The van der Waals surface area contributed by atoms with Crippen LogP contribution in [0.2, 0.25) is 0 Å². The predicted molar refractivity (Wildman–Crippen MR) is 63.6 cm³/mol. The van der Waals surface area contributed by atoms with Gasteiger partial charge >= 0.3 is 0 Å². The maximum Gasteiger partial charge on any atom is 0.115 e. The molecule has 7 heteroatoms. The molecule has 2 unspecified atom stereocenters. The average molecular weight is 233 g/mol. The van der Waals surface area contributed by atoms with Crippen molar-refractivity contribution in [2.75, 3.05) is 0 Å². The number of rotatable bonds is 1. The molecule has 0 bridgehead atoms. The van der Waals surface area contributed by atoms with Gasteiger partial charge in [0.15, 0.2) is 0 Å². The van der Waals surface area contributed by atoms with Crippen LogP contribution >= 0.6 is 25.3 Å². The van der Waals surface area contributed by atoms with E-state index in [9.17, 15) is 0 Å². The standard InChI is InChI=1S/C6H6O.H4N3P3/c7-6-4-2-1-3-5-6;1-2-3-6(4)5/h1-5,7H;4-5H2. The minimum Gasteiger partial charge on any atom is -0.508 e. The number of para-hydroxylation sites is 1. The lowest BCUT2D eigenvalue weighted by molar-refractivity contribution is 0.475. The Morgan fingerprint density at radius 3 is 2.00 bits per heavy atom. The number of phenols is 1. The minimum atomic E-state index is -0.559. The van der Waals surface area contributed by atoms with E-state index in [0.29, 0.717) is 5.75 Å². The van der Waals surface area contributed by atoms with Gasteiger partial charge in [-0.1, -0.05) is 23.1 Å². The largest absolute Gasteiger partial charge is 0.508 e. The average Bonchev–Trinajstić information content (AvgIpc) is 2.06. The smallest absolute Gasteiger partial charge is 0.115 e. The minimum absolute atomic E-state index is 0.322. The van der Waals surface area contributed by atoms with E-state index < -0.39 is 7.45 Å². The topological polar surface area (TPSA) is 69.0 Å². The van der Waals surface area contributed by atoms with Crippen molar-refractivity contribution >= 4 is 25.3 Å². The molecule has 70 valence electrons. The molecule has 1 rings (SSSR count). The van der Waals surface area contributed by atoms with Gasteiger partial charge in [0.1, 0.15) is 5.75 Å². The third-order valence-corrected chi connectivity index (χ3v) is 1.81. The van der Waals surface area contributed by atoms with Crippen LogP contribution in [0, 0.1) is 0 Å². The van der Waals surface area contributed by atoms with Crippen LogP contribution in [0.1, 0.15) is 0 Å². The van der Waals surface area contributed by atoms with Gasteiger partial charge in [-0.05, 0) is 17.7 Å². The number of azide groups is 1. The molecule has 4 nitrogen and oxygen atoms in total. The molecule has 1 N–H and O–H groups in total. The molecule has 0 radical (unpaired) electrons. The van der Waals surface area contributed by atoms with Crippen LogP contribution in [0.3, 0.4) is 0 Å². The molecule has 0 amide bonds. The zero-order chi connectivity index (χ0) is 10.1. The maximum atomic E-state index is 8.63. The lowest BCUT2D eigenvalue weighted by Crippen LogP contribution is -1.56. The summed E-state index contributed by atoms with van der Waals surface area (Å²) in [5.74, 6) is 0.322. The predicted octanol–water partition coefficient (Wildman–Crippen LogP) is 3.67. The molecule has 1 aromatic carbocycles. The van der Waals surface area contributed by atoms with Crippen molar-refractivity contribution in [3.05, 3.63) is 40.8 Å². The van der Waals surface area contributed by atoms with Crippen LogP contribution in [0.5, 0.6) is 5.75 Å². The molecular weight excluding hydrogens is 223 g/mol. The van der Waals surface area contributed by atoms with Crippen LogP contribution < -0.4 is 0 Å². The van der Waals surface area contributed by atoms with Gasteiger partial charge in [0.2, 0.25) is 0 Å². The van der Waals surface area contributed by atoms with Gasteiger partial charge in [-0.25, -0.2) is 0 Å². The Balaban J connectivity index is 0.000000226. The first-order valence-electron chi connectivity index (χ1n) is 3.25. The van der Waals surface area contributed by atoms with Gasteiger partial charge in [0.05, 0.1) is 0 Å². The first kappa shape index (κ1) is 12.6. The third-order valence-electron chi connectivity index (χ3n) is 0.899. The van der Waals surface area contributed by atoms with Gasteiger partial charge in [0.25, 0.3) is 0 Å². The summed E-state index contributed by atoms with van der Waals surface area (Å²) in [4.78, 5) is 5.84. The second-order valence-electron chi connectivity index (χ2n) is 1.89. The lowest BCUT2D eigenvalue weighted by atomic mass is 10.3. The molecule has 0 aliphatic carbocycles. The fourth-order valence-electron chi connectivity index (χ4n) is 0.474. The van der Waals surface area contributed by atoms with E-state index in [1.54, 1.807) is 24.3 Å². The molecule has 2 atom stereocenters. The first-order valence-corrected chi connectivity index (χ1v) is 7.78. The fourth-order valence-corrected chi connectivity index (χ4v) is 0.844. The second-order valence-corrected chi connectivity index (χ2v) is 7.80. The van der Waals surface area contributed by atoms with Crippen molar-refractivity contribution in [3.63, 3.8) is 0 Å². The van der Waals surface area contributed by atoms with Gasteiger partial charge in [-0.3, -0.25) is 0 Å². The van der Waals surface area contributed by atoms with Crippen LogP contribution in [-0.2, 0) is 0 Å². The third kappa shape index (κ3) is 9.53. The zero-order valence-corrected chi connectivity index (χ0v) is 9.98. The summed E-state index contributed by atoms with van der Waals surface area (Å²) in [7, 11) is 4.21. The van der Waals surface area contributed by atoms with Gasteiger partial charge < -0.3 is 5.11 Å². The molecule has 0 aromatic heterocycles. The van der Waals surface area contributed by atoms with Crippen molar-refractivity contribution in [1.82, 2.24) is 0 Å². The highest BCUT2D eigenvalue weighted by Crippen LogP contribution is 2.53. The summed E-state index contributed by atoms with van der Waals surface area (Å²) in [6, 6.07) is 8.71. The number of hydrogen-bond donors (Lipinski definition) is 1. The molecule has 13 heavy (non-hydrogen) atoms. The summed E-state index contributed by atoms with van der Waals surface area (Å²) < 4.78 is 0. The highest BCUT2D eigenvalue weighted by atomic mass is 32.4. The Kier molecular flexibility index (Phi) is 7.99. The molecule has 0 saturated carbocycles. The quantitative estimate of drug-likeness (QED) is 0.342. The highest BCUT2D eigenvalue weighted by molar-refractivity contribution is 8.42. The van der Waals surface area contributed by atoms with Crippen molar-refractivity contribution in [1.29, 1.82) is 0 Å². The Morgan fingerprint density at radius 2 is 1.85 bits per heavy atom. The van der Waals surface area contributed by atoms with E-state index in [2.05, 4.69) is 27.7 Å². The summed E-state index contributed by atoms with van der Waals surface area (Å²) in [6.07, 6.45) is 0. The van der Waals surface area contributed by atoms with Gasteiger partial charge in [-0.2, -0.15) is 0 Å². The van der Waals surface area contributed by atoms with E-state index in [1.165, 1.54) is 0 Å². The van der Waals surface area contributed by atoms with E-state index in [-0.39, 0.29) is 0 Å². The number of hydrogen-bond acceptors (Lipinski definition) is 2. The molecule has 0 spiro atoms. The number of benzene rings is 1. The Labute approximate surface area is 82.4 Å². The molecule has 0 aliphatic heterocycles. The molecule has 0 heterocycles. The summed E-state index contributed by atoms with van der Waals surface area (Å²) in [5, 5.41) is 8.63. The van der Waals surface area contributed by atoms with Gasteiger partial charge in [0, 0.05) is 12.4 Å². The van der Waals surface area contributed by atoms with E-state index in [0.717, 1.165) is 0 Å². The fraction of sp³-hybridized carbons (Fsp3) is 0. The first-order chi connectivity index (χ1) is 6.16. The summed E-state index contributed by atoms with van der Waals surface area (Å²) in [5.41, 5.74) is 7.68. The number of phenolic OH excluding ortho intramolecular Hbond substituents is 1. The highest BCUT2D eigenvalue weighted by Gasteiger charge is 1.77. The molecule has 0 saturated heterocycles. The monoisotopic (exact) mass is 233 g/mol. The number of aromatic hydroxyl groups is 1. The van der Waals surface area contributed by atoms with Crippen molar-refractivity contribution in [2.24, 2.45) is 4.88 Å². The number of nitrogens with zero attached hydrogens (tertiary/aromatic N) is 3.